The van der Waals surface area contributed by atoms with E-state index in [0.717, 1.165) is 42.4 Å². The Bertz CT molecular complexity index is 1280. The Morgan fingerprint density at radius 2 is 1.97 bits per heavy atom. The van der Waals surface area contributed by atoms with Gasteiger partial charge in [-0.1, -0.05) is 31.4 Å². The highest BCUT2D eigenvalue weighted by Gasteiger charge is 2.47. The molecule has 2 aromatic heterocycles. The van der Waals surface area contributed by atoms with Crippen molar-refractivity contribution in [3.05, 3.63) is 70.9 Å². The number of hydrogen-bond acceptors (Lipinski definition) is 6. The van der Waals surface area contributed by atoms with E-state index in [0.29, 0.717) is 17.1 Å². The molecule has 32 heavy (non-hydrogen) atoms. The summed E-state index contributed by atoms with van der Waals surface area (Å²) in [5.41, 5.74) is 1.80. The minimum absolute atomic E-state index is 0.160. The van der Waals surface area contributed by atoms with Crippen LogP contribution in [0.3, 0.4) is 0 Å². The topological polar surface area (TPSA) is 104 Å². The highest BCUT2D eigenvalue weighted by Crippen LogP contribution is 2.42. The van der Waals surface area contributed by atoms with Gasteiger partial charge in [0, 0.05) is 6.07 Å². The van der Waals surface area contributed by atoms with Crippen LogP contribution in [0, 0.1) is 12.7 Å². The normalized spacial score (nSPS) is 17.3. The number of fused-ring (bicyclic) bond motifs is 2. The zero-order valence-corrected chi connectivity index (χ0v) is 17.6. The lowest BCUT2D eigenvalue weighted by atomic mass is 9.79. The fourth-order valence-electron chi connectivity index (χ4n) is 4.69. The van der Waals surface area contributed by atoms with Crippen LogP contribution in [-0.2, 0) is 5.54 Å². The molecule has 3 aromatic rings. The number of carbonyl (C=O) groups excluding carboxylic acids is 1. The molecular formula is C23H23FN6O2. The number of aromatic nitrogens is 3. The number of halogens is 1. The summed E-state index contributed by atoms with van der Waals surface area (Å²) in [4.78, 5) is 25.5. The number of amides is 1. The predicted octanol–water partition coefficient (Wildman–Crippen LogP) is 3.84. The van der Waals surface area contributed by atoms with Gasteiger partial charge in [-0.05, 0) is 43.5 Å². The molecule has 8 nitrogen and oxygen atoms in total. The number of nitrogens with zero attached hydrogens (tertiary/aromatic N) is 4. The van der Waals surface area contributed by atoms with Gasteiger partial charge in [-0.25, -0.2) is 19.4 Å². The van der Waals surface area contributed by atoms with E-state index in [9.17, 15) is 14.4 Å². The zero-order chi connectivity index (χ0) is 22.3. The smallest absolute Gasteiger partial charge is 0.254 e. The molecule has 1 fully saturated rings. The molecule has 1 aliphatic heterocycles. The molecule has 1 aromatic carbocycles. The van der Waals surface area contributed by atoms with Crippen molar-refractivity contribution in [2.24, 2.45) is 4.99 Å². The van der Waals surface area contributed by atoms with E-state index in [1.54, 1.807) is 30.3 Å². The van der Waals surface area contributed by atoms with E-state index < -0.39 is 11.4 Å². The predicted molar refractivity (Wildman–Crippen MR) is 116 cm³/mol. The van der Waals surface area contributed by atoms with Crippen LogP contribution >= 0.6 is 0 Å². The van der Waals surface area contributed by atoms with E-state index in [1.807, 2.05) is 6.92 Å². The summed E-state index contributed by atoms with van der Waals surface area (Å²) in [6, 6.07) is 9.51. The van der Waals surface area contributed by atoms with Gasteiger partial charge in [0.05, 0.1) is 22.5 Å². The van der Waals surface area contributed by atoms with Gasteiger partial charge in [0.1, 0.15) is 18.0 Å². The lowest BCUT2D eigenvalue weighted by Gasteiger charge is -2.34. The van der Waals surface area contributed by atoms with Crippen molar-refractivity contribution >= 4 is 23.2 Å². The number of para-hydroxylation sites is 1. The van der Waals surface area contributed by atoms with Gasteiger partial charge in [0.15, 0.2) is 11.3 Å². The summed E-state index contributed by atoms with van der Waals surface area (Å²) in [6.45, 7) is 1.84. The van der Waals surface area contributed by atoms with E-state index >= 15 is 0 Å². The van der Waals surface area contributed by atoms with Crippen LogP contribution in [0.25, 0.3) is 0 Å². The van der Waals surface area contributed by atoms with Crippen molar-refractivity contribution in [3.63, 3.8) is 0 Å². The minimum Gasteiger partial charge on any atom is -0.427 e. The molecule has 3 N–H and O–H groups in total. The number of anilines is 2. The van der Waals surface area contributed by atoms with Gasteiger partial charge in [-0.3, -0.25) is 4.79 Å². The monoisotopic (exact) mass is 434 g/mol. The molecule has 0 radical (unpaired) electrons. The van der Waals surface area contributed by atoms with Crippen LogP contribution < -0.4 is 16.1 Å². The Hall–Kier alpha value is -3.75. The van der Waals surface area contributed by atoms with Gasteiger partial charge in [-0.2, -0.15) is 4.73 Å². The summed E-state index contributed by atoms with van der Waals surface area (Å²) >= 11 is 0. The van der Waals surface area contributed by atoms with Crippen LogP contribution in [0.4, 0.5) is 21.7 Å². The van der Waals surface area contributed by atoms with Crippen molar-refractivity contribution in [2.75, 3.05) is 5.32 Å². The summed E-state index contributed by atoms with van der Waals surface area (Å²) in [5.74, 6) is 0.0944. The number of nitrogens with one attached hydrogen (secondary N) is 2. The molecule has 0 atom stereocenters. The summed E-state index contributed by atoms with van der Waals surface area (Å²) in [5, 5.41) is 17.1. The molecular weight excluding hydrogens is 411 g/mol. The lowest BCUT2D eigenvalue weighted by molar-refractivity contribution is 0.0892. The maximum Gasteiger partial charge on any atom is 0.254 e. The first-order valence-corrected chi connectivity index (χ1v) is 10.6. The Kier molecular flexibility index (Phi) is 4.88. The number of pyridine rings is 1. The second-order valence-corrected chi connectivity index (χ2v) is 8.30. The van der Waals surface area contributed by atoms with E-state index in [1.165, 1.54) is 12.4 Å². The highest BCUT2D eigenvalue weighted by atomic mass is 19.1. The summed E-state index contributed by atoms with van der Waals surface area (Å²) < 4.78 is 15.0. The molecule has 2 aliphatic rings. The third kappa shape index (κ3) is 3.39. The lowest BCUT2D eigenvalue weighted by Crippen LogP contribution is -2.43. The Labute approximate surface area is 183 Å². The van der Waals surface area contributed by atoms with E-state index in [-0.39, 0.29) is 22.9 Å². The first-order valence-electron chi connectivity index (χ1n) is 10.6. The number of rotatable bonds is 3. The second kappa shape index (κ2) is 7.74. The average molecular weight is 434 g/mol. The second-order valence-electron chi connectivity index (χ2n) is 8.30. The molecule has 5 rings (SSSR count). The molecule has 9 heteroatoms. The Morgan fingerprint density at radius 1 is 1.19 bits per heavy atom. The number of aryl methyl sites for hydroxylation is 1. The number of benzene rings is 1. The number of carbonyl (C=O) groups is 1. The highest BCUT2D eigenvalue weighted by molar-refractivity contribution is 6.00. The molecule has 0 saturated heterocycles. The molecule has 0 bridgehead atoms. The van der Waals surface area contributed by atoms with Gasteiger partial charge < -0.3 is 15.8 Å². The van der Waals surface area contributed by atoms with Gasteiger partial charge in [0.2, 0.25) is 0 Å². The Balaban J connectivity index is 1.57. The maximum atomic E-state index is 14.0. The van der Waals surface area contributed by atoms with Crippen molar-refractivity contribution in [1.82, 2.24) is 20.0 Å². The molecule has 1 spiro atoms. The van der Waals surface area contributed by atoms with Gasteiger partial charge in [0.25, 0.3) is 5.91 Å². The van der Waals surface area contributed by atoms with Crippen LogP contribution in [0.2, 0.25) is 0 Å². The van der Waals surface area contributed by atoms with Crippen molar-refractivity contribution in [1.29, 1.82) is 0 Å². The number of hydrogen-bond donors (Lipinski definition) is 3. The average Bonchev–Trinajstić information content (AvgIpc) is 3.06. The minimum atomic E-state index is -0.571. The van der Waals surface area contributed by atoms with Gasteiger partial charge in [-0.15, -0.1) is 0 Å². The molecule has 0 unspecified atom stereocenters. The Morgan fingerprint density at radius 3 is 2.75 bits per heavy atom. The quantitative estimate of drug-likeness (QED) is 0.544. The SMILES string of the molecule is Cc1cc(=Nc2cc(Nc3ccccc3F)ncn2)n(O)c2c1C(=O)NC21CCCCC1. The van der Waals surface area contributed by atoms with Crippen molar-refractivity contribution in [2.45, 2.75) is 44.6 Å². The van der Waals surface area contributed by atoms with Crippen LogP contribution in [0.1, 0.15) is 53.7 Å². The fourth-order valence-corrected chi connectivity index (χ4v) is 4.69. The molecule has 1 aliphatic carbocycles. The zero-order valence-electron chi connectivity index (χ0n) is 17.6. The summed E-state index contributed by atoms with van der Waals surface area (Å²) in [6.07, 6.45) is 5.95. The molecule has 164 valence electrons. The standard InChI is InChI=1S/C23H23FN6O2/c1-14-11-19(30(32)21-20(14)22(31)29-23(21)9-5-2-6-10-23)28-18-12-17(25-13-26-18)27-16-8-4-3-7-15(16)24/h3-4,7-8,11-13,32H,2,5-6,9-10H2,1H3,(H,29,31)(H,25,26,27). The largest absolute Gasteiger partial charge is 0.427 e. The fraction of sp³-hybridized carbons (Fsp3) is 0.304. The molecule has 1 saturated carbocycles. The van der Waals surface area contributed by atoms with Crippen molar-refractivity contribution < 1.29 is 14.4 Å². The first kappa shape index (κ1) is 20.2. The third-order valence-corrected chi connectivity index (χ3v) is 6.16. The first-order chi connectivity index (χ1) is 15.5. The third-order valence-electron chi connectivity index (χ3n) is 6.16. The molecule has 3 heterocycles. The van der Waals surface area contributed by atoms with Crippen LogP contribution in [0.15, 0.2) is 47.7 Å². The van der Waals surface area contributed by atoms with E-state index in [4.69, 9.17) is 0 Å². The molecule has 1 amide bonds. The van der Waals surface area contributed by atoms with Gasteiger partial charge >= 0.3 is 0 Å². The maximum absolute atomic E-state index is 14.0. The van der Waals surface area contributed by atoms with E-state index in [2.05, 4.69) is 25.6 Å². The van der Waals surface area contributed by atoms with Crippen LogP contribution in [0.5, 0.6) is 0 Å². The van der Waals surface area contributed by atoms with Crippen molar-refractivity contribution in [3.8, 4) is 0 Å². The van der Waals surface area contributed by atoms with Crippen LogP contribution in [-0.4, -0.2) is 25.8 Å². The summed E-state index contributed by atoms with van der Waals surface area (Å²) in [7, 11) is 0.